The minimum absolute atomic E-state index is 0.0673. The summed E-state index contributed by atoms with van der Waals surface area (Å²) in [4.78, 5) is 11.1. The van der Waals surface area contributed by atoms with E-state index in [9.17, 15) is 4.79 Å². The van der Waals surface area contributed by atoms with Gasteiger partial charge < -0.3 is 9.47 Å². The lowest BCUT2D eigenvalue weighted by molar-refractivity contribution is -0.120. The first-order chi connectivity index (χ1) is 8.65. The molecule has 1 atom stereocenters. The third-order valence-electron chi connectivity index (χ3n) is 2.48. The number of rotatable bonds is 7. The van der Waals surface area contributed by atoms with E-state index in [4.69, 9.17) is 15.3 Å². The van der Waals surface area contributed by atoms with Crippen molar-refractivity contribution in [3.63, 3.8) is 0 Å². The second kappa shape index (κ2) is 7.81. The molecule has 5 nitrogen and oxygen atoms in total. The van der Waals surface area contributed by atoms with Crippen LogP contribution in [0.1, 0.15) is 18.1 Å². The van der Waals surface area contributed by atoms with E-state index in [1.54, 1.807) is 7.11 Å². The van der Waals surface area contributed by atoms with Gasteiger partial charge in [0.05, 0.1) is 25.7 Å². The van der Waals surface area contributed by atoms with Gasteiger partial charge in [-0.3, -0.25) is 10.2 Å². The molecule has 1 unspecified atom stereocenters. The molecule has 0 fully saturated rings. The Kier molecular flexibility index (Phi) is 6.35. The molecule has 0 aliphatic carbocycles. The predicted octanol–water partition coefficient (Wildman–Crippen LogP) is 0.770. The second-order valence-electron chi connectivity index (χ2n) is 4.14. The van der Waals surface area contributed by atoms with Crippen LogP contribution in [0.4, 0.5) is 0 Å². The lowest BCUT2D eigenvalue weighted by atomic mass is 10.1. The Hall–Kier alpha value is -1.43. The van der Waals surface area contributed by atoms with E-state index in [0.29, 0.717) is 13.2 Å². The van der Waals surface area contributed by atoms with Crippen LogP contribution in [0.2, 0.25) is 0 Å². The van der Waals surface area contributed by atoms with E-state index >= 15 is 0 Å². The first-order valence-electron chi connectivity index (χ1n) is 5.83. The maximum absolute atomic E-state index is 11.1. The van der Waals surface area contributed by atoms with Crippen LogP contribution in [0, 0.1) is 0 Å². The topological polar surface area (TPSA) is 73.6 Å². The van der Waals surface area contributed by atoms with Gasteiger partial charge in [0, 0.05) is 7.11 Å². The second-order valence-corrected chi connectivity index (χ2v) is 4.14. The molecule has 0 saturated heterocycles. The van der Waals surface area contributed by atoms with Gasteiger partial charge in [0.25, 0.3) is 0 Å². The summed E-state index contributed by atoms with van der Waals surface area (Å²) in [5.41, 5.74) is 4.09. The predicted molar refractivity (Wildman–Crippen MR) is 68.6 cm³/mol. The molecular formula is C13H20N2O3. The molecule has 1 amide bonds. The lowest BCUT2D eigenvalue weighted by Crippen LogP contribution is -2.31. The highest BCUT2D eigenvalue weighted by atomic mass is 16.5. The van der Waals surface area contributed by atoms with Crippen molar-refractivity contribution in [2.24, 2.45) is 5.84 Å². The van der Waals surface area contributed by atoms with Crippen molar-refractivity contribution < 1.29 is 14.3 Å². The minimum Gasteiger partial charge on any atom is -0.382 e. The van der Waals surface area contributed by atoms with Gasteiger partial charge in [-0.2, -0.15) is 0 Å². The quantitative estimate of drug-likeness (QED) is 0.427. The number of carbonyl (C=O) groups excluding carboxylic acids is 1. The normalized spacial score (nSPS) is 12.2. The number of nitrogens with two attached hydrogens (primary N) is 1. The Bertz CT molecular complexity index is 365. The van der Waals surface area contributed by atoms with E-state index in [1.165, 1.54) is 0 Å². The van der Waals surface area contributed by atoms with Crippen molar-refractivity contribution in [2.75, 3.05) is 13.7 Å². The molecule has 18 heavy (non-hydrogen) atoms. The molecule has 1 aromatic rings. The Morgan fingerprint density at radius 1 is 1.33 bits per heavy atom. The van der Waals surface area contributed by atoms with E-state index in [2.05, 4.69) is 5.43 Å². The fourth-order valence-electron chi connectivity index (χ4n) is 1.51. The van der Waals surface area contributed by atoms with E-state index < -0.39 is 0 Å². The van der Waals surface area contributed by atoms with Crippen LogP contribution in [0.5, 0.6) is 0 Å². The van der Waals surface area contributed by atoms with Gasteiger partial charge in [-0.15, -0.1) is 0 Å². The van der Waals surface area contributed by atoms with Gasteiger partial charge in [-0.1, -0.05) is 24.3 Å². The van der Waals surface area contributed by atoms with Crippen molar-refractivity contribution in [3.05, 3.63) is 35.4 Å². The molecule has 0 aliphatic heterocycles. The Labute approximate surface area is 107 Å². The van der Waals surface area contributed by atoms with Crippen LogP contribution < -0.4 is 11.3 Å². The summed E-state index contributed by atoms with van der Waals surface area (Å²) in [7, 11) is 1.65. The molecule has 0 aliphatic rings. The Balaban J connectivity index is 2.42. The lowest BCUT2D eigenvalue weighted by Gasteiger charge is -2.12. The molecule has 0 bridgehead atoms. The van der Waals surface area contributed by atoms with Crippen molar-refractivity contribution in [2.45, 2.75) is 26.1 Å². The third-order valence-corrected chi connectivity index (χ3v) is 2.48. The summed E-state index contributed by atoms with van der Waals surface area (Å²) in [6, 6.07) is 7.68. The van der Waals surface area contributed by atoms with Crippen LogP contribution in [0.25, 0.3) is 0 Å². The first kappa shape index (κ1) is 14.6. The average molecular weight is 252 g/mol. The van der Waals surface area contributed by atoms with Crippen molar-refractivity contribution >= 4 is 5.91 Å². The number of ether oxygens (including phenoxy) is 2. The van der Waals surface area contributed by atoms with Gasteiger partial charge >= 0.3 is 0 Å². The molecule has 100 valence electrons. The van der Waals surface area contributed by atoms with Gasteiger partial charge in [0.1, 0.15) is 0 Å². The number of nitrogens with one attached hydrogen (secondary N) is 1. The monoisotopic (exact) mass is 252 g/mol. The molecule has 0 saturated carbocycles. The summed E-state index contributed by atoms with van der Waals surface area (Å²) in [6.45, 7) is 3.08. The van der Waals surface area contributed by atoms with Crippen LogP contribution in [-0.4, -0.2) is 25.7 Å². The van der Waals surface area contributed by atoms with Crippen LogP contribution in [-0.2, 0) is 27.3 Å². The summed E-state index contributed by atoms with van der Waals surface area (Å²) in [5.74, 6) is 4.83. The maximum atomic E-state index is 11.1. The molecule has 3 N–H and O–H groups in total. The largest absolute Gasteiger partial charge is 0.382 e. The van der Waals surface area contributed by atoms with Gasteiger partial charge in [0.2, 0.25) is 5.91 Å². The van der Waals surface area contributed by atoms with E-state index in [1.807, 2.05) is 31.2 Å². The number of amides is 1. The molecule has 0 radical (unpaired) electrons. The standard InChI is InChI=1S/C13H20N2O3/c1-10(8-17-2)18-9-12-5-3-11(4-6-12)7-13(16)15-14/h3-6,10H,7-9,14H2,1-2H3,(H,15,16). The van der Waals surface area contributed by atoms with Crippen LogP contribution in [0.3, 0.4) is 0 Å². The number of hydrazine groups is 1. The zero-order valence-corrected chi connectivity index (χ0v) is 10.8. The minimum atomic E-state index is -0.201. The van der Waals surface area contributed by atoms with E-state index in [-0.39, 0.29) is 18.4 Å². The van der Waals surface area contributed by atoms with Gasteiger partial charge in [-0.25, -0.2) is 5.84 Å². The maximum Gasteiger partial charge on any atom is 0.238 e. The number of methoxy groups -OCH3 is 1. The molecule has 0 heterocycles. The molecule has 0 spiro atoms. The summed E-state index contributed by atoms with van der Waals surface area (Å²) in [6.07, 6.45) is 0.357. The fourth-order valence-corrected chi connectivity index (χ4v) is 1.51. The number of carbonyl (C=O) groups is 1. The summed E-state index contributed by atoms with van der Waals surface area (Å²) < 4.78 is 10.6. The summed E-state index contributed by atoms with van der Waals surface area (Å²) >= 11 is 0. The molecule has 5 heteroatoms. The highest BCUT2D eigenvalue weighted by molar-refractivity contribution is 5.77. The molecule has 1 aromatic carbocycles. The third kappa shape index (κ3) is 5.27. The van der Waals surface area contributed by atoms with Crippen molar-refractivity contribution in [3.8, 4) is 0 Å². The molecular weight excluding hydrogens is 232 g/mol. The smallest absolute Gasteiger partial charge is 0.238 e. The average Bonchev–Trinajstić information content (AvgIpc) is 2.38. The van der Waals surface area contributed by atoms with Crippen LogP contribution in [0.15, 0.2) is 24.3 Å². The molecule has 1 rings (SSSR count). The Morgan fingerprint density at radius 2 is 1.94 bits per heavy atom. The first-order valence-corrected chi connectivity index (χ1v) is 5.83. The number of benzene rings is 1. The number of hydrogen-bond acceptors (Lipinski definition) is 4. The zero-order chi connectivity index (χ0) is 13.4. The zero-order valence-electron chi connectivity index (χ0n) is 10.8. The van der Waals surface area contributed by atoms with Gasteiger partial charge in [-0.05, 0) is 18.1 Å². The van der Waals surface area contributed by atoms with Gasteiger partial charge in [0.15, 0.2) is 0 Å². The SMILES string of the molecule is COCC(C)OCc1ccc(CC(=O)NN)cc1. The highest BCUT2D eigenvalue weighted by Gasteiger charge is 2.03. The van der Waals surface area contributed by atoms with Crippen molar-refractivity contribution in [1.29, 1.82) is 0 Å². The van der Waals surface area contributed by atoms with Crippen LogP contribution >= 0.6 is 0 Å². The van der Waals surface area contributed by atoms with Crippen molar-refractivity contribution in [1.82, 2.24) is 5.43 Å². The molecule has 0 aromatic heterocycles. The fraction of sp³-hybridized carbons (Fsp3) is 0.462. The highest BCUT2D eigenvalue weighted by Crippen LogP contribution is 2.08. The summed E-state index contributed by atoms with van der Waals surface area (Å²) in [5, 5.41) is 0. The van der Waals surface area contributed by atoms with E-state index in [0.717, 1.165) is 11.1 Å². The Morgan fingerprint density at radius 3 is 2.50 bits per heavy atom. The number of hydrogen-bond donors (Lipinski definition) is 2.